The fourth-order valence-corrected chi connectivity index (χ4v) is 3.78. The molecule has 2 aromatic heterocycles. The van der Waals surface area contributed by atoms with E-state index in [0.717, 1.165) is 37.9 Å². The van der Waals surface area contributed by atoms with Crippen LogP contribution in [0.5, 0.6) is 5.75 Å². The molecule has 7 nitrogen and oxygen atoms in total. The van der Waals surface area contributed by atoms with Gasteiger partial charge in [-0.1, -0.05) is 25.0 Å². The van der Waals surface area contributed by atoms with Crippen molar-refractivity contribution in [1.29, 1.82) is 0 Å². The summed E-state index contributed by atoms with van der Waals surface area (Å²) in [5.41, 5.74) is 2.24. The molecule has 1 fully saturated rings. The number of hydrogen-bond acceptors (Lipinski definition) is 5. The second kappa shape index (κ2) is 8.55. The molecule has 3 N–H and O–H groups in total. The van der Waals surface area contributed by atoms with E-state index < -0.39 is 0 Å². The number of aromatic nitrogens is 3. The summed E-state index contributed by atoms with van der Waals surface area (Å²) < 4.78 is 1.65. The SMILES string of the molecule is [B]c1cnn2c(NCCCNC(=O)C3CCCC3)cc(-c3ccccc3O)nc12. The molecule has 29 heavy (non-hydrogen) atoms. The Bertz CT molecular complexity index is 1010. The maximum Gasteiger partial charge on any atom is 0.223 e. The number of nitrogens with one attached hydrogen (secondary N) is 2. The summed E-state index contributed by atoms with van der Waals surface area (Å²) in [4.78, 5) is 16.7. The first-order valence-electron chi connectivity index (χ1n) is 10.1. The van der Waals surface area contributed by atoms with Gasteiger partial charge in [-0.3, -0.25) is 4.79 Å². The predicted molar refractivity (Wildman–Crippen MR) is 114 cm³/mol. The standard InChI is InChI=1S/C21H24BN5O2/c22-16-13-25-27-19(23-10-5-11-24-21(29)14-6-1-2-7-14)12-17(26-20(16)27)15-8-3-4-9-18(15)28/h3-4,8-9,12-14,23,28H,1-2,5-7,10-11H2,(H,24,29). The highest BCUT2D eigenvalue weighted by Crippen LogP contribution is 2.29. The number of benzene rings is 1. The molecular formula is C21H24BN5O2. The number of phenolic OH excluding ortho intramolecular Hbond substituents is 1. The van der Waals surface area contributed by atoms with Crippen molar-refractivity contribution in [3.8, 4) is 17.0 Å². The number of nitrogens with zero attached hydrogens (tertiary/aromatic N) is 3. The van der Waals surface area contributed by atoms with Gasteiger partial charge in [-0.15, -0.1) is 0 Å². The van der Waals surface area contributed by atoms with Crippen LogP contribution in [-0.2, 0) is 4.79 Å². The third-order valence-electron chi connectivity index (χ3n) is 5.36. The lowest BCUT2D eigenvalue weighted by molar-refractivity contribution is -0.124. The summed E-state index contributed by atoms with van der Waals surface area (Å²) >= 11 is 0. The Morgan fingerprint density at radius 1 is 1.24 bits per heavy atom. The van der Waals surface area contributed by atoms with Gasteiger partial charge in [-0.2, -0.15) is 9.61 Å². The summed E-state index contributed by atoms with van der Waals surface area (Å²) in [6, 6.07) is 8.89. The molecule has 0 atom stereocenters. The van der Waals surface area contributed by atoms with Crippen molar-refractivity contribution >= 4 is 30.7 Å². The highest BCUT2D eigenvalue weighted by atomic mass is 16.3. The number of carbonyl (C=O) groups excluding carboxylic acids is 1. The second-order valence-electron chi connectivity index (χ2n) is 7.43. The molecule has 1 aliphatic carbocycles. The highest BCUT2D eigenvalue weighted by molar-refractivity contribution is 6.36. The van der Waals surface area contributed by atoms with E-state index >= 15 is 0 Å². The van der Waals surface area contributed by atoms with Crippen LogP contribution in [0.25, 0.3) is 16.9 Å². The Labute approximate surface area is 171 Å². The van der Waals surface area contributed by atoms with Crippen LogP contribution >= 0.6 is 0 Å². The van der Waals surface area contributed by atoms with E-state index in [4.69, 9.17) is 7.85 Å². The first-order chi connectivity index (χ1) is 14.1. The number of hydrogen-bond donors (Lipinski definition) is 3. The van der Waals surface area contributed by atoms with E-state index in [1.165, 1.54) is 0 Å². The quantitative estimate of drug-likeness (QED) is 0.425. The fraction of sp³-hybridized carbons (Fsp3) is 0.381. The highest BCUT2D eigenvalue weighted by Gasteiger charge is 2.21. The lowest BCUT2D eigenvalue weighted by atomic mass is 10.0. The molecule has 1 aliphatic rings. The first-order valence-corrected chi connectivity index (χ1v) is 10.1. The molecule has 148 valence electrons. The van der Waals surface area contributed by atoms with E-state index in [0.29, 0.717) is 35.5 Å². The van der Waals surface area contributed by atoms with E-state index in [9.17, 15) is 9.90 Å². The summed E-state index contributed by atoms with van der Waals surface area (Å²) in [5.74, 6) is 1.25. The summed E-state index contributed by atoms with van der Waals surface area (Å²) in [6.45, 7) is 1.29. The average Bonchev–Trinajstić information content (AvgIpc) is 3.38. The Hall–Kier alpha value is -3.03. The van der Waals surface area contributed by atoms with Gasteiger partial charge in [0.1, 0.15) is 19.4 Å². The predicted octanol–water partition coefficient (Wildman–Crippen LogP) is 2.00. The molecule has 1 saturated carbocycles. The Morgan fingerprint density at radius 2 is 2.03 bits per heavy atom. The van der Waals surface area contributed by atoms with Crippen LogP contribution in [0.4, 0.5) is 5.82 Å². The molecule has 3 aromatic rings. The van der Waals surface area contributed by atoms with Crippen molar-refractivity contribution in [2.75, 3.05) is 18.4 Å². The van der Waals surface area contributed by atoms with E-state index in [2.05, 4.69) is 20.7 Å². The number of anilines is 1. The minimum Gasteiger partial charge on any atom is -0.507 e. The molecule has 0 saturated heterocycles. The van der Waals surface area contributed by atoms with Gasteiger partial charge in [0, 0.05) is 36.8 Å². The van der Waals surface area contributed by atoms with Crippen molar-refractivity contribution in [3.63, 3.8) is 0 Å². The molecule has 2 radical (unpaired) electrons. The lowest BCUT2D eigenvalue weighted by Gasteiger charge is -2.13. The Morgan fingerprint density at radius 3 is 2.83 bits per heavy atom. The number of rotatable bonds is 7. The Balaban J connectivity index is 1.44. The van der Waals surface area contributed by atoms with Crippen molar-refractivity contribution in [2.24, 2.45) is 5.92 Å². The van der Waals surface area contributed by atoms with Gasteiger partial charge < -0.3 is 15.7 Å². The van der Waals surface area contributed by atoms with Crippen LogP contribution in [0.15, 0.2) is 36.5 Å². The zero-order valence-corrected chi connectivity index (χ0v) is 16.3. The molecule has 0 aliphatic heterocycles. The van der Waals surface area contributed by atoms with Gasteiger partial charge in [-0.05, 0) is 36.9 Å². The van der Waals surface area contributed by atoms with Crippen molar-refractivity contribution in [2.45, 2.75) is 32.1 Å². The van der Waals surface area contributed by atoms with Gasteiger partial charge in [-0.25, -0.2) is 4.98 Å². The molecule has 0 spiro atoms. The van der Waals surface area contributed by atoms with Crippen molar-refractivity contribution in [1.82, 2.24) is 19.9 Å². The van der Waals surface area contributed by atoms with Gasteiger partial charge in [0.25, 0.3) is 0 Å². The number of carbonyl (C=O) groups is 1. The van der Waals surface area contributed by atoms with Crippen LogP contribution < -0.4 is 16.1 Å². The topological polar surface area (TPSA) is 91.5 Å². The minimum absolute atomic E-state index is 0.156. The fourth-order valence-electron chi connectivity index (χ4n) is 3.78. The lowest BCUT2D eigenvalue weighted by Crippen LogP contribution is -2.31. The minimum atomic E-state index is 0.156. The largest absolute Gasteiger partial charge is 0.507 e. The van der Waals surface area contributed by atoms with Crippen LogP contribution in [0.2, 0.25) is 0 Å². The number of para-hydroxylation sites is 1. The average molecular weight is 389 g/mol. The van der Waals surface area contributed by atoms with Gasteiger partial charge in [0.2, 0.25) is 5.91 Å². The first kappa shape index (κ1) is 19.3. The van der Waals surface area contributed by atoms with E-state index in [-0.39, 0.29) is 17.6 Å². The zero-order valence-electron chi connectivity index (χ0n) is 16.3. The third kappa shape index (κ3) is 4.21. The van der Waals surface area contributed by atoms with E-state index in [1.54, 1.807) is 22.8 Å². The maximum absolute atomic E-state index is 12.1. The smallest absolute Gasteiger partial charge is 0.223 e. The van der Waals surface area contributed by atoms with Crippen molar-refractivity contribution < 1.29 is 9.90 Å². The molecule has 1 amide bonds. The number of fused-ring (bicyclic) bond motifs is 1. The van der Waals surface area contributed by atoms with Crippen molar-refractivity contribution in [3.05, 3.63) is 36.5 Å². The van der Waals surface area contributed by atoms with E-state index in [1.807, 2.05) is 18.2 Å². The second-order valence-corrected chi connectivity index (χ2v) is 7.43. The molecular weight excluding hydrogens is 365 g/mol. The molecule has 2 heterocycles. The Kier molecular flexibility index (Phi) is 5.69. The monoisotopic (exact) mass is 389 g/mol. The van der Waals surface area contributed by atoms with Crippen LogP contribution in [0.3, 0.4) is 0 Å². The maximum atomic E-state index is 12.1. The van der Waals surface area contributed by atoms with Gasteiger partial charge in [0.15, 0.2) is 5.65 Å². The third-order valence-corrected chi connectivity index (χ3v) is 5.36. The zero-order chi connectivity index (χ0) is 20.2. The summed E-state index contributed by atoms with van der Waals surface area (Å²) in [5, 5.41) is 20.8. The normalized spacial score (nSPS) is 14.3. The molecule has 0 bridgehead atoms. The summed E-state index contributed by atoms with van der Waals surface area (Å²) in [7, 11) is 6.02. The number of aromatic hydroxyl groups is 1. The van der Waals surface area contributed by atoms with Crippen LogP contribution in [0.1, 0.15) is 32.1 Å². The van der Waals surface area contributed by atoms with Gasteiger partial charge >= 0.3 is 0 Å². The molecule has 8 heteroatoms. The molecule has 4 rings (SSSR count). The van der Waals surface area contributed by atoms with Crippen LogP contribution in [-0.4, -0.2) is 46.5 Å². The van der Waals surface area contributed by atoms with Gasteiger partial charge in [0.05, 0.1) is 5.69 Å². The summed E-state index contributed by atoms with van der Waals surface area (Å²) in [6.07, 6.45) is 6.67. The molecule has 1 aromatic carbocycles. The van der Waals surface area contributed by atoms with Crippen LogP contribution in [0, 0.1) is 5.92 Å². The molecule has 0 unspecified atom stereocenters. The number of phenols is 1. The number of amides is 1.